The van der Waals surface area contributed by atoms with Crippen LogP contribution >= 0.6 is 0 Å². The maximum absolute atomic E-state index is 13.2. The van der Waals surface area contributed by atoms with E-state index in [4.69, 9.17) is 5.73 Å². The van der Waals surface area contributed by atoms with E-state index in [1.807, 2.05) is 5.32 Å². The zero-order valence-electron chi connectivity index (χ0n) is 11.2. The highest BCUT2D eigenvalue weighted by molar-refractivity contribution is 5.87. The van der Waals surface area contributed by atoms with Gasteiger partial charge in [-0.2, -0.15) is 30.7 Å². The first-order chi connectivity index (χ1) is 10.7. The zero-order chi connectivity index (χ0) is 18.8. The number of hydrogen-bond donors (Lipinski definition) is 2. The van der Waals surface area contributed by atoms with Crippen LogP contribution in [0.1, 0.15) is 0 Å². The fourth-order valence-electron chi connectivity index (χ4n) is 1.22. The molecule has 2 amide bonds. The van der Waals surface area contributed by atoms with E-state index in [0.717, 1.165) is 24.3 Å². The highest BCUT2D eigenvalue weighted by Crippen LogP contribution is 2.40. The fourth-order valence-corrected chi connectivity index (χ4v) is 1.22. The number of primary amides is 1. The lowest BCUT2D eigenvalue weighted by Crippen LogP contribution is -2.48. The average Bonchev–Trinajstić information content (AvgIpc) is 2.38. The summed E-state index contributed by atoms with van der Waals surface area (Å²) in [6, 6.07) is 2.44. The highest BCUT2D eigenvalue weighted by atomic mass is 19.4. The second-order valence-electron chi connectivity index (χ2n) is 4.13. The van der Waals surface area contributed by atoms with Crippen LogP contribution in [-0.4, -0.2) is 30.8 Å². The molecule has 3 N–H and O–H groups in total. The Balaban J connectivity index is 2.79. The van der Waals surface area contributed by atoms with Crippen LogP contribution in [0.15, 0.2) is 24.3 Å². The van der Waals surface area contributed by atoms with Gasteiger partial charge in [0, 0.05) is 5.69 Å². The van der Waals surface area contributed by atoms with Crippen molar-refractivity contribution >= 4 is 11.7 Å². The van der Waals surface area contributed by atoms with Gasteiger partial charge >= 0.3 is 30.8 Å². The number of nitrogens with two attached hydrogens (primary N) is 1. The molecular weight excluding hydrogens is 360 g/mol. The number of carbonyl (C=O) groups is 1. The Bertz CT molecular complexity index is 576. The lowest BCUT2D eigenvalue weighted by Gasteiger charge is -2.26. The Kier molecular flexibility index (Phi) is 5.48. The Labute approximate surface area is 128 Å². The van der Waals surface area contributed by atoms with Gasteiger partial charge in [-0.3, -0.25) is 4.74 Å². The predicted octanol–water partition coefficient (Wildman–Crippen LogP) is 3.62. The number of amides is 2. The second kappa shape index (κ2) is 6.67. The lowest BCUT2D eigenvalue weighted by atomic mass is 10.3. The molecule has 5 nitrogen and oxygen atoms in total. The molecule has 1 aromatic carbocycles. The molecule has 0 aromatic heterocycles. The van der Waals surface area contributed by atoms with E-state index in [0.29, 0.717) is 0 Å². The highest BCUT2D eigenvalue weighted by Gasteiger charge is 2.64. The molecule has 0 bridgehead atoms. The summed E-state index contributed by atoms with van der Waals surface area (Å²) in [6.45, 7) is 0. The molecule has 0 heterocycles. The fraction of sp³-hybridized carbons (Fsp3) is 0.364. The van der Waals surface area contributed by atoms with E-state index >= 15 is 0 Å². The van der Waals surface area contributed by atoms with Crippen LogP contribution < -0.4 is 15.8 Å². The Morgan fingerprint density at radius 2 is 1.54 bits per heavy atom. The van der Waals surface area contributed by atoms with Gasteiger partial charge < -0.3 is 15.8 Å². The number of hydrogen-bond acceptors (Lipinski definition) is 3. The molecule has 0 fully saturated rings. The quantitative estimate of drug-likeness (QED) is 0.754. The van der Waals surface area contributed by atoms with Crippen LogP contribution in [0.4, 0.5) is 45.6 Å². The summed E-state index contributed by atoms with van der Waals surface area (Å²) in [5, 5.41) is 2.04. The van der Waals surface area contributed by atoms with E-state index < -0.39 is 36.5 Å². The molecule has 0 radical (unpaired) electrons. The predicted molar refractivity (Wildman–Crippen MR) is 62.2 cm³/mol. The zero-order valence-corrected chi connectivity index (χ0v) is 11.2. The number of anilines is 1. The number of urea groups is 1. The van der Waals surface area contributed by atoms with Gasteiger partial charge in [-0.05, 0) is 24.3 Å². The van der Waals surface area contributed by atoms with Gasteiger partial charge in [-0.25, -0.2) is 9.18 Å². The van der Waals surface area contributed by atoms with Crippen LogP contribution in [-0.2, 0) is 4.74 Å². The van der Waals surface area contributed by atoms with Gasteiger partial charge in [0.1, 0.15) is 5.75 Å². The van der Waals surface area contributed by atoms with E-state index in [1.54, 1.807) is 0 Å². The minimum absolute atomic E-state index is 0.0230. The van der Waals surface area contributed by atoms with Crippen molar-refractivity contribution < 1.29 is 49.4 Å². The lowest BCUT2D eigenvalue weighted by molar-refractivity contribution is -0.442. The van der Waals surface area contributed by atoms with Crippen LogP contribution in [0.5, 0.6) is 5.75 Å². The third-order valence-corrected chi connectivity index (χ3v) is 2.22. The molecule has 13 heteroatoms. The first kappa shape index (κ1) is 19.7. The van der Waals surface area contributed by atoms with Crippen molar-refractivity contribution in [1.29, 1.82) is 0 Å². The van der Waals surface area contributed by atoms with Crippen molar-refractivity contribution in [3.05, 3.63) is 24.3 Å². The summed E-state index contributed by atoms with van der Waals surface area (Å²) in [6.07, 6.45) is -22.1. The topological polar surface area (TPSA) is 73.6 Å². The Morgan fingerprint density at radius 3 is 1.96 bits per heavy atom. The van der Waals surface area contributed by atoms with E-state index in [1.165, 1.54) is 0 Å². The number of nitrogens with one attached hydrogen (secondary N) is 1. The van der Waals surface area contributed by atoms with Gasteiger partial charge in [-0.15, -0.1) is 0 Å². The van der Waals surface area contributed by atoms with E-state index in [9.17, 15) is 39.9 Å². The van der Waals surface area contributed by atoms with Gasteiger partial charge in [-0.1, -0.05) is 0 Å². The molecule has 0 aliphatic heterocycles. The number of rotatable bonds is 6. The molecule has 1 unspecified atom stereocenters. The monoisotopic (exact) mass is 368 g/mol. The number of ether oxygens (including phenoxy) is 2. The van der Waals surface area contributed by atoms with Crippen LogP contribution in [0.2, 0.25) is 0 Å². The van der Waals surface area contributed by atoms with Gasteiger partial charge in [0.2, 0.25) is 0 Å². The summed E-state index contributed by atoms with van der Waals surface area (Å²) in [4.78, 5) is 10.5. The summed E-state index contributed by atoms with van der Waals surface area (Å²) in [7, 11) is 0. The van der Waals surface area contributed by atoms with Crippen molar-refractivity contribution in [1.82, 2.24) is 0 Å². The van der Waals surface area contributed by atoms with Crippen molar-refractivity contribution in [2.45, 2.75) is 24.8 Å². The molecule has 24 heavy (non-hydrogen) atoms. The number of benzene rings is 1. The van der Waals surface area contributed by atoms with Crippen molar-refractivity contribution in [2.24, 2.45) is 5.73 Å². The Morgan fingerprint density at radius 1 is 1.04 bits per heavy atom. The molecule has 0 aliphatic rings. The van der Waals surface area contributed by atoms with Gasteiger partial charge in [0.05, 0.1) is 0 Å². The van der Waals surface area contributed by atoms with Crippen LogP contribution in [0, 0.1) is 0 Å². The minimum Gasteiger partial charge on any atom is -0.429 e. The molecule has 1 aromatic rings. The van der Waals surface area contributed by atoms with Crippen LogP contribution in [0.3, 0.4) is 0 Å². The largest absolute Gasteiger partial charge is 0.483 e. The van der Waals surface area contributed by atoms with Gasteiger partial charge in [0.25, 0.3) is 0 Å². The molecule has 136 valence electrons. The van der Waals surface area contributed by atoms with E-state index in [-0.39, 0.29) is 5.69 Å². The maximum atomic E-state index is 13.2. The molecule has 0 spiro atoms. The van der Waals surface area contributed by atoms with E-state index in [2.05, 4.69) is 9.47 Å². The third-order valence-electron chi connectivity index (χ3n) is 2.22. The summed E-state index contributed by atoms with van der Waals surface area (Å²) >= 11 is 0. The minimum atomic E-state index is -6.39. The standard InChI is InChI=1S/C11H8F8N2O3/c12-7(24-11(18,19)10(15,16)17)9(13,14)23-6-3-1-5(2-4-6)21-8(20)22/h1-4,7H,(H3,20,21,22). The molecule has 1 rings (SSSR count). The van der Waals surface area contributed by atoms with Crippen LogP contribution in [0.25, 0.3) is 0 Å². The SMILES string of the molecule is NC(=O)Nc1ccc(OC(F)(F)C(F)OC(F)(F)C(F)(F)F)cc1. The summed E-state index contributed by atoms with van der Waals surface area (Å²) in [5.74, 6) is -0.809. The smallest absolute Gasteiger partial charge is 0.429 e. The maximum Gasteiger partial charge on any atom is 0.483 e. The first-order valence-electron chi connectivity index (χ1n) is 5.74. The number of halogens is 8. The molecule has 0 saturated heterocycles. The normalized spacial score (nSPS) is 14.2. The average molecular weight is 368 g/mol. The van der Waals surface area contributed by atoms with Crippen molar-refractivity contribution in [3.8, 4) is 5.75 Å². The second-order valence-corrected chi connectivity index (χ2v) is 4.13. The Hall–Kier alpha value is -2.31. The third kappa shape index (κ3) is 5.11. The molecule has 0 saturated carbocycles. The van der Waals surface area contributed by atoms with Crippen molar-refractivity contribution in [2.75, 3.05) is 5.32 Å². The molecular formula is C11H8F8N2O3. The van der Waals surface area contributed by atoms with Crippen molar-refractivity contribution in [3.63, 3.8) is 0 Å². The first-order valence-corrected chi connectivity index (χ1v) is 5.74. The molecule has 0 aliphatic carbocycles. The van der Waals surface area contributed by atoms with Gasteiger partial charge in [0.15, 0.2) is 0 Å². The number of carbonyl (C=O) groups excluding carboxylic acids is 1. The summed E-state index contributed by atoms with van der Waals surface area (Å²) in [5.41, 5.74) is 4.79. The number of alkyl halides is 8. The summed E-state index contributed by atoms with van der Waals surface area (Å²) < 4.78 is 106. The molecule has 1 atom stereocenters.